The van der Waals surface area contributed by atoms with E-state index in [1.165, 1.54) is 0 Å². The summed E-state index contributed by atoms with van der Waals surface area (Å²) in [5, 5.41) is 12.0. The fourth-order valence-corrected chi connectivity index (χ4v) is 2.07. The molecule has 1 unspecified atom stereocenters. The first kappa shape index (κ1) is 12.5. The van der Waals surface area contributed by atoms with Crippen molar-refractivity contribution >= 4 is 5.69 Å². The second kappa shape index (κ2) is 5.16. The van der Waals surface area contributed by atoms with Crippen LogP contribution >= 0.6 is 0 Å². The summed E-state index contributed by atoms with van der Waals surface area (Å²) in [4.78, 5) is 0. The largest absolute Gasteiger partial charge is 0.398 e. The predicted octanol–water partition coefficient (Wildman–Crippen LogP) is 2.59. The number of aryl methyl sites for hydroxylation is 1. The van der Waals surface area contributed by atoms with Crippen molar-refractivity contribution in [1.29, 1.82) is 0 Å². The number of benzene rings is 1. The molecule has 2 N–H and O–H groups in total. The highest BCUT2D eigenvalue weighted by Crippen LogP contribution is 2.27. The molecule has 5 nitrogen and oxygen atoms in total. The summed E-state index contributed by atoms with van der Waals surface area (Å²) in [6, 6.07) is 6.19. The minimum Gasteiger partial charge on any atom is -0.398 e. The quantitative estimate of drug-likeness (QED) is 0.840. The molecule has 2 aromatic rings. The Kier molecular flexibility index (Phi) is 3.60. The smallest absolute Gasteiger partial charge is 0.184 e. The number of nitrogens with two attached hydrogens (primary N) is 1. The highest BCUT2D eigenvalue weighted by molar-refractivity contribution is 5.72. The first-order valence-corrected chi connectivity index (χ1v) is 6.27. The van der Waals surface area contributed by atoms with Crippen LogP contribution in [0.3, 0.4) is 0 Å². The maximum absolute atomic E-state index is 6.01. The predicted molar refractivity (Wildman–Crippen MR) is 72.0 cm³/mol. The van der Waals surface area contributed by atoms with E-state index in [1.807, 2.05) is 29.8 Å². The van der Waals surface area contributed by atoms with E-state index >= 15 is 0 Å². The van der Waals surface area contributed by atoms with Gasteiger partial charge in [0.25, 0.3) is 0 Å². The van der Waals surface area contributed by atoms with Crippen LogP contribution in [0.2, 0.25) is 0 Å². The molecular formula is C13H19N5. The maximum atomic E-state index is 6.01. The molecule has 0 fully saturated rings. The molecule has 1 heterocycles. The van der Waals surface area contributed by atoms with Crippen LogP contribution in [0.25, 0.3) is 11.4 Å². The van der Waals surface area contributed by atoms with Crippen molar-refractivity contribution in [3.63, 3.8) is 0 Å². The number of hydrogen-bond donors (Lipinski definition) is 1. The number of aromatic nitrogens is 4. The standard InChI is InChI=1S/C13H19N5/c1-4-5-10(3)18-13(15-16-17-18)11-8-9(2)6-7-12(11)14/h6-8,10H,4-5,14H2,1-3H3. The van der Waals surface area contributed by atoms with Crippen LogP contribution in [0.1, 0.15) is 38.3 Å². The van der Waals surface area contributed by atoms with Crippen LogP contribution in [0.15, 0.2) is 18.2 Å². The normalized spacial score (nSPS) is 12.6. The van der Waals surface area contributed by atoms with Gasteiger partial charge in [0, 0.05) is 11.3 Å². The molecule has 0 aliphatic heterocycles. The van der Waals surface area contributed by atoms with E-state index in [-0.39, 0.29) is 6.04 Å². The fourth-order valence-electron chi connectivity index (χ4n) is 2.07. The average molecular weight is 245 g/mol. The van der Waals surface area contributed by atoms with Gasteiger partial charge >= 0.3 is 0 Å². The molecule has 18 heavy (non-hydrogen) atoms. The van der Waals surface area contributed by atoms with Crippen molar-refractivity contribution in [2.75, 3.05) is 5.73 Å². The van der Waals surface area contributed by atoms with Gasteiger partial charge in [-0.25, -0.2) is 4.68 Å². The molecule has 5 heteroatoms. The third-order valence-corrected chi connectivity index (χ3v) is 3.07. The Morgan fingerprint density at radius 3 is 2.89 bits per heavy atom. The van der Waals surface area contributed by atoms with Crippen LogP contribution < -0.4 is 5.73 Å². The van der Waals surface area contributed by atoms with E-state index in [4.69, 9.17) is 5.73 Å². The molecule has 1 aromatic carbocycles. The number of anilines is 1. The second-order valence-electron chi connectivity index (χ2n) is 4.68. The van der Waals surface area contributed by atoms with Gasteiger partial charge in [0.1, 0.15) is 0 Å². The van der Waals surface area contributed by atoms with Crippen LogP contribution in [-0.2, 0) is 0 Å². The minimum atomic E-state index is 0.278. The Labute approximate surface area is 107 Å². The number of hydrogen-bond acceptors (Lipinski definition) is 4. The number of nitrogen functional groups attached to an aromatic ring is 1. The van der Waals surface area contributed by atoms with Crippen molar-refractivity contribution in [2.45, 2.75) is 39.7 Å². The van der Waals surface area contributed by atoms with Gasteiger partial charge in [-0.15, -0.1) is 5.10 Å². The van der Waals surface area contributed by atoms with Gasteiger partial charge in [0.15, 0.2) is 5.82 Å². The fraction of sp³-hybridized carbons (Fsp3) is 0.462. The lowest BCUT2D eigenvalue weighted by atomic mass is 10.1. The van der Waals surface area contributed by atoms with Crippen molar-refractivity contribution < 1.29 is 0 Å². The van der Waals surface area contributed by atoms with Gasteiger partial charge in [0.05, 0.1) is 6.04 Å². The van der Waals surface area contributed by atoms with E-state index in [1.54, 1.807) is 0 Å². The van der Waals surface area contributed by atoms with Crippen molar-refractivity contribution in [2.24, 2.45) is 0 Å². The molecule has 0 bridgehead atoms. The monoisotopic (exact) mass is 245 g/mol. The molecule has 0 spiro atoms. The maximum Gasteiger partial charge on any atom is 0.184 e. The molecule has 0 saturated carbocycles. The Bertz CT molecular complexity index is 532. The lowest BCUT2D eigenvalue weighted by Gasteiger charge is -2.13. The van der Waals surface area contributed by atoms with E-state index in [9.17, 15) is 0 Å². The number of tetrazole rings is 1. The third-order valence-electron chi connectivity index (χ3n) is 3.07. The third kappa shape index (κ3) is 2.34. The van der Waals surface area contributed by atoms with E-state index in [0.29, 0.717) is 5.69 Å². The van der Waals surface area contributed by atoms with Crippen LogP contribution in [0.4, 0.5) is 5.69 Å². The number of nitrogens with zero attached hydrogens (tertiary/aromatic N) is 4. The molecule has 0 aliphatic carbocycles. The summed E-state index contributed by atoms with van der Waals surface area (Å²) < 4.78 is 1.86. The van der Waals surface area contributed by atoms with E-state index < -0.39 is 0 Å². The van der Waals surface area contributed by atoms with E-state index in [2.05, 4.69) is 29.4 Å². The number of rotatable bonds is 4. The van der Waals surface area contributed by atoms with Crippen molar-refractivity contribution in [1.82, 2.24) is 20.2 Å². The van der Waals surface area contributed by atoms with Gasteiger partial charge < -0.3 is 5.73 Å². The Morgan fingerprint density at radius 2 is 2.17 bits per heavy atom. The molecule has 0 saturated heterocycles. The van der Waals surface area contributed by atoms with Gasteiger partial charge in [-0.1, -0.05) is 25.0 Å². The van der Waals surface area contributed by atoms with Gasteiger partial charge in [-0.05, 0) is 42.8 Å². The topological polar surface area (TPSA) is 69.6 Å². The average Bonchev–Trinajstić information content (AvgIpc) is 2.81. The lowest BCUT2D eigenvalue weighted by Crippen LogP contribution is -2.09. The zero-order chi connectivity index (χ0) is 13.1. The highest BCUT2D eigenvalue weighted by atomic mass is 15.5. The summed E-state index contributed by atoms with van der Waals surface area (Å²) in [7, 11) is 0. The lowest BCUT2D eigenvalue weighted by molar-refractivity contribution is 0.447. The Balaban J connectivity index is 2.45. The minimum absolute atomic E-state index is 0.278. The first-order chi connectivity index (χ1) is 8.63. The summed E-state index contributed by atoms with van der Waals surface area (Å²) in [5.74, 6) is 0.747. The molecular weight excluding hydrogens is 226 g/mol. The Hall–Kier alpha value is -1.91. The molecule has 2 rings (SSSR count). The summed E-state index contributed by atoms with van der Waals surface area (Å²) in [6.45, 7) is 6.31. The summed E-state index contributed by atoms with van der Waals surface area (Å²) in [5.41, 5.74) is 8.78. The SMILES string of the molecule is CCCC(C)n1nnnc1-c1cc(C)ccc1N. The van der Waals surface area contributed by atoms with Crippen LogP contribution in [0.5, 0.6) is 0 Å². The molecule has 0 amide bonds. The van der Waals surface area contributed by atoms with Crippen molar-refractivity contribution in [3.05, 3.63) is 23.8 Å². The van der Waals surface area contributed by atoms with Crippen LogP contribution in [0, 0.1) is 6.92 Å². The van der Waals surface area contributed by atoms with E-state index in [0.717, 1.165) is 29.8 Å². The second-order valence-corrected chi connectivity index (χ2v) is 4.68. The molecule has 1 atom stereocenters. The molecule has 0 radical (unpaired) electrons. The Morgan fingerprint density at radius 1 is 1.39 bits per heavy atom. The molecule has 0 aliphatic rings. The molecule has 1 aromatic heterocycles. The van der Waals surface area contributed by atoms with Gasteiger partial charge in [-0.2, -0.15) is 0 Å². The van der Waals surface area contributed by atoms with Gasteiger partial charge in [0.2, 0.25) is 0 Å². The van der Waals surface area contributed by atoms with Crippen LogP contribution in [-0.4, -0.2) is 20.2 Å². The zero-order valence-corrected chi connectivity index (χ0v) is 11.1. The summed E-state index contributed by atoms with van der Waals surface area (Å²) in [6.07, 6.45) is 2.15. The zero-order valence-electron chi connectivity index (χ0n) is 11.1. The van der Waals surface area contributed by atoms with Crippen molar-refractivity contribution in [3.8, 4) is 11.4 Å². The molecule has 96 valence electrons. The summed E-state index contributed by atoms with van der Waals surface area (Å²) >= 11 is 0. The highest BCUT2D eigenvalue weighted by Gasteiger charge is 2.16. The first-order valence-electron chi connectivity index (χ1n) is 6.27. The van der Waals surface area contributed by atoms with Gasteiger partial charge in [-0.3, -0.25) is 0 Å².